The zero-order valence-electron chi connectivity index (χ0n) is 7.95. The molecule has 0 fully saturated rings. The van der Waals surface area contributed by atoms with Crippen molar-refractivity contribution in [1.82, 2.24) is 0 Å². The van der Waals surface area contributed by atoms with Gasteiger partial charge in [0.1, 0.15) is 0 Å². The Morgan fingerprint density at radius 3 is 2.50 bits per heavy atom. The summed E-state index contributed by atoms with van der Waals surface area (Å²) in [5, 5.41) is 9.80. The lowest BCUT2D eigenvalue weighted by molar-refractivity contribution is 0.372. The van der Waals surface area contributed by atoms with Gasteiger partial charge in [0.15, 0.2) is 11.5 Å². The number of phenols is 1. The molecule has 0 aliphatic rings. The van der Waals surface area contributed by atoms with E-state index in [2.05, 4.69) is 0 Å². The first kappa shape index (κ1) is 13.4. The first-order valence-corrected chi connectivity index (χ1v) is 4.26. The van der Waals surface area contributed by atoms with E-state index >= 15 is 0 Å². The Morgan fingerprint density at radius 1 is 1.50 bits per heavy atom. The monoisotopic (exact) mass is 237 g/mol. The normalized spacial score (nSPS) is 11.7. The van der Waals surface area contributed by atoms with E-state index in [-0.39, 0.29) is 24.2 Å². The van der Waals surface area contributed by atoms with Gasteiger partial charge in [0, 0.05) is 17.1 Å². The van der Waals surface area contributed by atoms with E-state index in [0.29, 0.717) is 10.8 Å². The van der Waals surface area contributed by atoms with Gasteiger partial charge in [0.25, 0.3) is 0 Å². The van der Waals surface area contributed by atoms with Crippen molar-refractivity contribution >= 4 is 24.0 Å². The molecular formula is C9H13Cl2NO2. The van der Waals surface area contributed by atoms with Gasteiger partial charge in [-0.05, 0) is 18.6 Å². The number of halogens is 2. The van der Waals surface area contributed by atoms with Crippen LogP contribution in [0.2, 0.25) is 5.02 Å². The molecule has 0 amide bonds. The summed E-state index contributed by atoms with van der Waals surface area (Å²) in [5.74, 6) is 0.411. The molecule has 0 spiro atoms. The summed E-state index contributed by atoms with van der Waals surface area (Å²) in [6, 6.07) is 2.89. The number of aromatic hydroxyl groups is 1. The topological polar surface area (TPSA) is 55.5 Å². The van der Waals surface area contributed by atoms with Crippen LogP contribution in [-0.2, 0) is 0 Å². The highest BCUT2D eigenvalue weighted by Gasteiger charge is 2.10. The Morgan fingerprint density at radius 2 is 2.07 bits per heavy atom. The summed E-state index contributed by atoms with van der Waals surface area (Å²) < 4.78 is 4.93. The van der Waals surface area contributed by atoms with Gasteiger partial charge in [-0.15, -0.1) is 12.4 Å². The van der Waals surface area contributed by atoms with Crippen LogP contribution in [0.25, 0.3) is 0 Å². The molecule has 0 saturated carbocycles. The molecule has 0 aliphatic carbocycles. The van der Waals surface area contributed by atoms with Crippen LogP contribution in [0.4, 0.5) is 0 Å². The van der Waals surface area contributed by atoms with Gasteiger partial charge in [0.05, 0.1) is 7.11 Å². The number of methoxy groups -OCH3 is 1. The number of hydrogen-bond acceptors (Lipinski definition) is 3. The van der Waals surface area contributed by atoms with Crippen LogP contribution in [0.5, 0.6) is 11.5 Å². The molecule has 1 unspecified atom stereocenters. The van der Waals surface area contributed by atoms with E-state index in [0.717, 1.165) is 5.56 Å². The maximum Gasteiger partial charge on any atom is 0.160 e. The van der Waals surface area contributed by atoms with E-state index < -0.39 is 0 Å². The predicted molar refractivity (Wildman–Crippen MR) is 59.5 cm³/mol. The van der Waals surface area contributed by atoms with Crippen molar-refractivity contribution in [1.29, 1.82) is 0 Å². The van der Waals surface area contributed by atoms with Gasteiger partial charge in [-0.3, -0.25) is 0 Å². The van der Waals surface area contributed by atoms with Gasteiger partial charge in [-0.2, -0.15) is 0 Å². The fraction of sp³-hybridized carbons (Fsp3) is 0.333. The second kappa shape index (κ2) is 5.29. The van der Waals surface area contributed by atoms with Crippen molar-refractivity contribution in [3.05, 3.63) is 22.7 Å². The number of phenolic OH excluding ortho intramolecular Hbond substituents is 1. The molecule has 80 valence electrons. The maximum absolute atomic E-state index is 9.35. The SMILES string of the molecule is COc1cc(C(C)N)c(Cl)cc1O.Cl. The zero-order chi connectivity index (χ0) is 10.0. The van der Waals surface area contributed by atoms with E-state index in [1.165, 1.54) is 13.2 Å². The summed E-state index contributed by atoms with van der Waals surface area (Å²) in [5.41, 5.74) is 6.43. The van der Waals surface area contributed by atoms with E-state index in [4.69, 9.17) is 22.1 Å². The molecule has 0 radical (unpaired) electrons. The Hall–Kier alpha value is -0.640. The molecule has 0 aliphatic heterocycles. The molecule has 1 rings (SSSR count). The molecule has 0 bridgehead atoms. The van der Waals surface area contributed by atoms with E-state index in [1.807, 2.05) is 6.92 Å². The van der Waals surface area contributed by atoms with E-state index in [1.54, 1.807) is 6.07 Å². The molecule has 5 heteroatoms. The largest absolute Gasteiger partial charge is 0.504 e. The number of ether oxygens (including phenoxy) is 1. The average Bonchev–Trinajstić information content (AvgIpc) is 2.03. The third kappa shape index (κ3) is 2.67. The van der Waals surface area contributed by atoms with Crippen LogP contribution in [-0.4, -0.2) is 12.2 Å². The molecule has 1 aromatic carbocycles. The summed E-state index contributed by atoms with van der Waals surface area (Å²) >= 11 is 5.86. The number of rotatable bonds is 2. The molecule has 0 heterocycles. The second-order valence-corrected chi connectivity index (χ2v) is 3.24. The quantitative estimate of drug-likeness (QED) is 0.832. The lowest BCUT2D eigenvalue weighted by Crippen LogP contribution is -2.05. The van der Waals surface area contributed by atoms with Crippen LogP contribution in [0.15, 0.2) is 12.1 Å². The van der Waals surface area contributed by atoms with Crippen molar-refractivity contribution in [2.45, 2.75) is 13.0 Å². The zero-order valence-corrected chi connectivity index (χ0v) is 9.52. The average molecular weight is 238 g/mol. The van der Waals surface area contributed by atoms with E-state index in [9.17, 15) is 5.11 Å². The first-order valence-electron chi connectivity index (χ1n) is 3.88. The van der Waals surface area contributed by atoms with Crippen LogP contribution in [0.1, 0.15) is 18.5 Å². The standard InChI is InChI=1S/C9H12ClNO2.ClH/c1-5(11)6-3-9(13-2)8(12)4-7(6)10;/h3-5,12H,11H2,1-2H3;1H. The van der Waals surface area contributed by atoms with Crippen LogP contribution >= 0.6 is 24.0 Å². The second-order valence-electron chi connectivity index (χ2n) is 2.83. The van der Waals surface area contributed by atoms with Crippen molar-refractivity contribution < 1.29 is 9.84 Å². The highest BCUT2D eigenvalue weighted by molar-refractivity contribution is 6.31. The maximum atomic E-state index is 9.35. The van der Waals surface area contributed by atoms with Crippen LogP contribution in [0, 0.1) is 0 Å². The Kier molecular flexibility index (Phi) is 5.05. The van der Waals surface area contributed by atoms with Gasteiger partial charge in [-0.1, -0.05) is 11.6 Å². The van der Waals surface area contributed by atoms with Gasteiger partial charge < -0.3 is 15.6 Å². The summed E-state index contributed by atoms with van der Waals surface area (Å²) in [4.78, 5) is 0. The third-order valence-electron chi connectivity index (χ3n) is 1.79. The number of nitrogens with two attached hydrogens (primary N) is 1. The van der Waals surface area contributed by atoms with Gasteiger partial charge in [0.2, 0.25) is 0 Å². The van der Waals surface area contributed by atoms with Gasteiger partial charge in [-0.25, -0.2) is 0 Å². The fourth-order valence-electron chi connectivity index (χ4n) is 1.07. The first-order chi connectivity index (χ1) is 6.06. The Balaban J connectivity index is 0.00000169. The lowest BCUT2D eigenvalue weighted by atomic mass is 10.1. The molecule has 3 nitrogen and oxygen atoms in total. The smallest absolute Gasteiger partial charge is 0.160 e. The number of hydrogen-bond donors (Lipinski definition) is 2. The molecular weight excluding hydrogens is 225 g/mol. The summed E-state index contributed by atoms with van der Waals surface area (Å²) in [7, 11) is 1.48. The van der Waals surface area contributed by atoms with Crippen molar-refractivity contribution in [2.75, 3.05) is 7.11 Å². The molecule has 0 saturated heterocycles. The fourth-order valence-corrected chi connectivity index (χ4v) is 1.40. The minimum absolute atomic E-state index is 0. The van der Waals surface area contributed by atoms with Crippen molar-refractivity contribution in [2.24, 2.45) is 5.73 Å². The molecule has 1 aromatic rings. The molecule has 0 aromatic heterocycles. The molecule has 3 N–H and O–H groups in total. The highest BCUT2D eigenvalue weighted by Crippen LogP contribution is 2.34. The molecule has 14 heavy (non-hydrogen) atoms. The Labute approximate surface area is 94.2 Å². The summed E-state index contributed by atoms with van der Waals surface area (Å²) in [6.45, 7) is 1.82. The minimum atomic E-state index is -0.179. The third-order valence-corrected chi connectivity index (χ3v) is 2.12. The number of benzene rings is 1. The lowest BCUT2D eigenvalue weighted by Gasteiger charge is -2.11. The highest BCUT2D eigenvalue weighted by atomic mass is 35.5. The van der Waals surface area contributed by atoms with Crippen LogP contribution < -0.4 is 10.5 Å². The summed E-state index contributed by atoms with van der Waals surface area (Å²) in [6.07, 6.45) is 0. The Bertz CT molecular complexity index is 316. The van der Waals surface area contributed by atoms with Crippen molar-refractivity contribution in [3.63, 3.8) is 0 Å². The van der Waals surface area contributed by atoms with Crippen molar-refractivity contribution in [3.8, 4) is 11.5 Å². The predicted octanol–water partition coefficient (Wildman–Crippen LogP) is 2.50. The van der Waals surface area contributed by atoms with Gasteiger partial charge >= 0.3 is 0 Å². The van der Waals surface area contributed by atoms with Crippen LogP contribution in [0.3, 0.4) is 0 Å². The minimum Gasteiger partial charge on any atom is -0.504 e. The molecule has 1 atom stereocenters.